The maximum atomic E-state index is 9.84. The smallest absolute Gasteiger partial charge is 0.165 e. The maximum absolute atomic E-state index is 9.84. The predicted molar refractivity (Wildman–Crippen MR) is 69.5 cm³/mol. The third-order valence-electron chi connectivity index (χ3n) is 3.42. The molecule has 0 spiro atoms. The number of rotatable bonds is 4. The van der Waals surface area contributed by atoms with Crippen molar-refractivity contribution >= 4 is 0 Å². The van der Waals surface area contributed by atoms with Crippen LogP contribution in [0.15, 0.2) is 43.5 Å². The third-order valence-corrected chi connectivity index (χ3v) is 3.42. The Morgan fingerprint density at radius 1 is 1.41 bits per heavy atom. The number of ether oxygens (including phenoxy) is 1. The first-order chi connectivity index (χ1) is 8.12. The first kappa shape index (κ1) is 11.8. The molecule has 0 radical (unpaired) electrons. The topological polar surface area (TPSA) is 29.5 Å². The van der Waals surface area contributed by atoms with E-state index in [1.165, 1.54) is 0 Å². The van der Waals surface area contributed by atoms with Crippen molar-refractivity contribution < 1.29 is 9.84 Å². The van der Waals surface area contributed by atoms with E-state index in [0.717, 1.165) is 18.4 Å². The van der Waals surface area contributed by atoms with Gasteiger partial charge in [-0.1, -0.05) is 24.3 Å². The van der Waals surface area contributed by atoms with E-state index in [1.807, 2.05) is 24.3 Å². The molecule has 1 aliphatic heterocycles. The molecule has 2 rings (SSSR count). The highest BCUT2D eigenvalue weighted by Crippen LogP contribution is 2.51. The molecule has 1 aromatic carbocycles. The van der Waals surface area contributed by atoms with Crippen molar-refractivity contribution in [2.24, 2.45) is 0 Å². The molecule has 0 bridgehead atoms. The maximum Gasteiger partial charge on any atom is 0.165 e. The van der Waals surface area contributed by atoms with Crippen molar-refractivity contribution in [1.82, 2.24) is 0 Å². The summed E-state index contributed by atoms with van der Waals surface area (Å²) in [6.07, 6.45) is 5.34. The zero-order valence-electron chi connectivity index (χ0n) is 10.1. The summed E-state index contributed by atoms with van der Waals surface area (Å²) in [6, 6.07) is 5.52. The second kappa shape index (κ2) is 4.28. The molecule has 1 aromatic rings. The number of hydrogen-bond donors (Lipinski definition) is 1. The summed E-state index contributed by atoms with van der Waals surface area (Å²) in [6.45, 7) is 9.64. The van der Waals surface area contributed by atoms with Crippen LogP contribution in [-0.4, -0.2) is 10.7 Å². The Morgan fingerprint density at radius 2 is 2.18 bits per heavy atom. The summed E-state index contributed by atoms with van der Waals surface area (Å²) in [7, 11) is 0. The molecule has 0 fully saturated rings. The fourth-order valence-corrected chi connectivity index (χ4v) is 2.57. The number of phenolic OH excluding ortho intramolecular Hbond substituents is 1. The Bertz CT molecular complexity index is 450. The van der Waals surface area contributed by atoms with E-state index in [4.69, 9.17) is 4.74 Å². The summed E-state index contributed by atoms with van der Waals surface area (Å²) < 4.78 is 5.96. The lowest BCUT2D eigenvalue weighted by Gasteiger charge is -2.29. The number of benzene rings is 1. The van der Waals surface area contributed by atoms with Crippen LogP contribution in [0.5, 0.6) is 11.5 Å². The molecule has 0 aromatic heterocycles. The molecule has 0 amide bonds. The summed E-state index contributed by atoms with van der Waals surface area (Å²) in [4.78, 5) is 0. The second-order valence-electron chi connectivity index (χ2n) is 4.68. The van der Waals surface area contributed by atoms with Crippen LogP contribution < -0.4 is 4.74 Å². The van der Waals surface area contributed by atoms with Crippen LogP contribution in [0.2, 0.25) is 0 Å². The summed E-state index contributed by atoms with van der Waals surface area (Å²) in [5.41, 5.74) is 0.728. The Morgan fingerprint density at radius 3 is 2.82 bits per heavy atom. The molecule has 1 aliphatic rings. The minimum absolute atomic E-state index is 0.212. The molecule has 2 unspecified atom stereocenters. The normalized spacial score (nSPS) is 26.1. The molecule has 2 atom stereocenters. The quantitative estimate of drug-likeness (QED) is 0.798. The Labute approximate surface area is 102 Å². The molecule has 90 valence electrons. The van der Waals surface area contributed by atoms with Crippen molar-refractivity contribution in [3.8, 4) is 11.5 Å². The van der Waals surface area contributed by atoms with Crippen LogP contribution >= 0.6 is 0 Å². The first-order valence-corrected chi connectivity index (χ1v) is 5.85. The van der Waals surface area contributed by atoms with Gasteiger partial charge >= 0.3 is 0 Å². The van der Waals surface area contributed by atoms with Gasteiger partial charge in [0.15, 0.2) is 11.5 Å². The number of fused-ring (bicyclic) bond motifs is 1. The lowest BCUT2D eigenvalue weighted by Crippen LogP contribution is -2.33. The first-order valence-electron chi connectivity index (χ1n) is 5.85. The zero-order valence-corrected chi connectivity index (χ0v) is 10.1. The fraction of sp³-hybridized carbons (Fsp3) is 0.333. The molecule has 17 heavy (non-hydrogen) atoms. The average molecular weight is 230 g/mol. The van der Waals surface area contributed by atoms with Gasteiger partial charge in [-0.25, -0.2) is 0 Å². The van der Waals surface area contributed by atoms with E-state index in [0.29, 0.717) is 5.75 Å². The third kappa shape index (κ3) is 1.84. The van der Waals surface area contributed by atoms with Gasteiger partial charge in [-0.05, 0) is 19.4 Å². The van der Waals surface area contributed by atoms with Gasteiger partial charge in [0.2, 0.25) is 0 Å². The average Bonchev–Trinajstić information content (AvgIpc) is 2.56. The van der Waals surface area contributed by atoms with Gasteiger partial charge in [0.25, 0.3) is 0 Å². The lowest BCUT2D eigenvalue weighted by molar-refractivity contribution is 0.0896. The van der Waals surface area contributed by atoms with E-state index in [2.05, 4.69) is 20.1 Å². The van der Waals surface area contributed by atoms with Crippen molar-refractivity contribution in [2.45, 2.75) is 31.3 Å². The lowest BCUT2D eigenvalue weighted by atomic mass is 9.81. The van der Waals surface area contributed by atoms with Crippen molar-refractivity contribution in [2.75, 3.05) is 0 Å². The minimum Gasteiger partial charge on any atom is -0.504 e. The summed E-state index contributed by atoms with van der Waals surface area (Å²) >= 11 is 0. The Hall–Kier alpha value is -1.70. The molecule has 1 heterocycles. The van der Waals surface area contributed by atoms with Gasteiger partial charge < -0.3 is 9.84 Å². The number of aromatic hydroxyl groups is 1. The highest BCUT2D eigenvalue weighted by Gasteiger charge is 2.44. The highest BCUT2D eigenvalue weighted by atomic mass is 16.5. The van der Waals surface area contributed by atoms with Crippen LogP contribution in [0.1, 0.15) is 31.2 Å². The van der Waals surface area contributed by atoms with Gasteiger partial charge in [0.1, 0.15) is 5.60 Å². The SMILES string of the molecule is C=CCC1c2cccc(O)c2OC1(C)CC=C. The van der Waals surface area contributed by atoms with Crippen LogP contribution in [0.3, 0.4) is 0 Å². The van der Waals surface area contributed by atoms with Crippen molar-refractivity contribution in [3.05, 3.63) is 49.1 Å². The van der Waals surface area contributed by atoms with Gasteiger partial charge in [-0.15, -0.1) is 13.2 Å². The molecular formula is C15H18O2. The van der Waals surface area contributed by atoms with Gasteiger partial charge in [-0.3, -0.25) is 0 Å². The van der Waals surface area contributed by atoms with Crippen LogP contribution in [0.4, 0.5) is 0 Å². The van der Waals surface area contributed by atoms with E-state index in [9.17, 15) is 5.11 Å². The number of para-hydroxylation sites is 1. The summed E-state index contributed by atoms with van der Waals surface area (Å²) in [5, 5.41) is 9.84. The highest BCUT2D eigenvalue weighted by molar-refractivity contribution is 5.52. The van der Waals surface area contributed by atoms with Crippen LogP contribution in [-0.2, 0) is 0 Å². The summed E-state index contributed by atoms with van der Waals surface area (Å²) in [5.74, 6) is 1.05. The van der Waals surface area contributed by atoms with Crippen LogP contribution in [0, 0.1) is 0 Å². The monoisotopic (exact) mass is 230 g/mol. The van der Waals surface area contributed by atoms with Crippen molar-refractivity contribution in [1.29, 1.82) is 0 Å². The molecule has 2 nitrogen and oxygen atoms in total. The molecular weight excluding hydrogens is 212 g/mol. The number of allylic oxidation sites excluding steroid dienone is 1. The molecule has 1 N–H and O–H groups in total. The predicted octanol–water partition coefficient (Wildman–Crippen LogP) is 3.78. The van der Waals surface area contributed by atoms with E-state index in [1.54, 1.807) is 6.07 Å². The zero-order chi connectivity index (χ0) is 12.5. The number of phenols is 1. The molecule has 0 saturated carbocycles. The van der Waals surface area contributed by atoms with E-state index < -0.39 is 0 Å². The van der Waals surface area contributed by atoms with Crippen molar-refractivity contribution in [3.63, 3.8) is 0 Å². The van der Waals surface area contributed by atoms with E-state index in [-0.39, 0.29) is 17.3 Å². The van der Waals surface area contributed by atoms with Gasteiger partial charge in [-0.2, -0.15) is 0 Å². The minimum atomic E-state index is -0.336. The number of hydrogen-bond acceptors (Lipinski definition) is 2. The molecule has 0 aliphatic carbocycles. The fourth-order valence-electron chi connectivity index (χ4n) is 2.57. The Kier molecular flexibility index (Phi) is 2.97. The second-order valence-corrected chi connectivity index (χ2v) is 4.68. The largest absolute Gasteiger partial charge is 0.504 e. The molecule has 2 heteroatoms. The molecule has 0 saturated heterocycles. The standard InChI is InChI=1S/C15H18O2/c1-4-7-12-11-8-6-9-13(16)14(11)17-15(12,3)10-5-2/h4-6,8-9,12,16H,1-2,7,10H2,3H3. The van der Waals surface area contributed by atoms with Gasteiger partial charge in [0, 0.05) is 17.9 Å². The van der Waals surface area contributed by atoms with Gasteiger partial charge in [0.05, 0.1) is 0 Å². The Balaban J connectivity index is 2.47. The van der Waals surface area contributed by atoms with Crippen LogP contribution in [0.25, 0.3) is 0 Å². The van der Waals surface area contributed by atoms with E-state index >= 15 is 0 Å².